The minimum absolute atomic E-state index is 0.0210. The fourth-order valence-electron chi connectivity index (χ4n) is 1.06. The van der Waals surface area contributed by atoms with E-state index in [1.807, 2.05) is 0 Å². The summed E-state index contributed by atoms with van der Waals surface area (Å²) < 4.78 is 24.5. The van der Waals surface area contributed by atoms with Crippen LogP contribution in [0.15, 0.2) is 18.5 Å². The van der Waals surface area contributed by atoms with Crippen molar-refractivity contribution in [2.75, 3.05) is 0 Å². The van der Waals surface area contributed by atoms with Gasteiger partial charge < -0.3 is 0 Å². The molecule has 3 nitrogen and oxygen atoms in total. The lowest BCUT2D eigenvalue weighted by Crippen LogP contribution is -1.96. The smallest absolute Gasteiger partial charge is 0.262 e. The van der Waals surface area contributed by atoms with E-state index in [9.17, 15) is 8.78 Å². The molecule has 0 fully saturated rings. The monoisotopic (exact) mass is 215 g/mol. The molecule has 0 N–H and O–H groups in total. The standard InChI is InChI=1S/C8H4ClF2N3/c9-6-4-1-2-12-3-5(4)13-8(14-6)7(10)11/h1-3,7H. The van der Waals surface area contributed by atoms with E-state index >= 15 is 0 Å². The second kappa shape index (κ2) is 3.42. The number of nitrogens with zero attached hydrogens (tertiary/aromatic N) is 3. The third-order valence-electron chi connectivity index (χ3n) is 1.67. The summed E-state index contributed by atoms with van der Waals surface area (Å²) in [5.74, 6) is -0.574. The first-order valence-corrected chi connectivity index (χ1v) is 4.11. The van der Waals surface area contributed by atoms with Crippen LogP contribution in [-0.2, 0) is 0 Å². The van der Waals surface area contributed by atoms with Crippen molar-refractivity contribution in [1.82, 2.24) is 15.0 Å². The largest absolute Gasteiger partial charge is 0.297 e. The minimum atomic E-state index is -2.72. The average Bonchev–Trinajstić information content (AvgIpc) is 2.17. The molecule has 2 aromatic heterocycles. The number of aromatic nitrogens is 3. The maximum atomic E-state index is 12.3. The SMILES string of the molecule is FC(F)c1nc(Cl)c2ccncc2n1. The van der Waals surface area contributed by atoms with Crippen LogP contribution < -0.4 is 0 Å². The Labute approximate surface area is 82.8 Å². The maximum Gasteiger partial charge on any atom is 0.297 e. The van der Waals surface area contributed by atoms with E-state index in [-0.39, 0.29) is 5.15 Å². The maximum absolute atomic E-state index is 12.3. The highest BCUT2D eigenvalue weighted by Crippen LogP contribution is 2.23. The zero-order chi connectivity index (χ0) is 10.1. The number of rotatable bonds is 1. The molecule has 0 aliphatic rings. The Kier molecular flexibility index (Phi) is 2.25. The zero-order valence-electron chi connectivity index (χ0n) is 6.78. The van der Waals surface area contributed by atoms with Crippen LogP contribution in [0.25, 0.3) is 10.9 Å². The summed E-state index contributed by atoms with van der Waals surface area (Å²) in [6.45, 7) is 0. The van der Waals surface area contributed by atoms with Gasteiger partial charge in [-0.3, -0.25) is 4.98 Å². The molecule has 0 aliphatic carbocycles. The fourth-order valence-corrected chi connectivity index (χ4v) is 1.30. The van der Waals surface area contributed by atoms with Crippen molar-refractivity contribution in [3.63, 3.8) is 0 Å². The Morgan fingerprint density at radius 3 is 2.79 bits per heavy atom. The van der Waals surface area contributed by atoms with E-state index in [2.05, 4.69) is 15.0 Å². The van der Waals surface area contributed by atoms with Crippen LogP contribution in [0.3, 0.4) is 0 Å². The first-order chi connectivity index (χ1) is 6.68. The number of hydrogen-bond acceptors (Lipinski definition) is 3. The van der Waals surface area contributed by atoms with Gasteiger partial charge >= 0.3 is 0 Å². The van der Waals surface area contributed by atoms with Gasteiger partial charge in [0.05, 0.1) is 11.7 Å². The van der Waals surface area contributed by atoms with Crippen LogP contribution in [0.2, 0.25) is 5.15 Å². The number of halogens is 3. The van der Waals surface area contributed by atoms with Crippen LogP contribution in [-0.4, -0.2) is 15.0 Å². The molecule has 0 bridgehead atoms. The Morgan fingerprint density at radius 2 is 2.07 bits per heavy atom. The lowest BCUT2D eigenvalue weighted by Gasteiger charge is -2.01. The molecule has 0 saturated heterocycles. The van der Waals surface area contributed by atoms with E-state index in [0.717, 1.165) is 0 Å². The van der Waals surface area contributed by atoms with E-state index in [0.29, 0.717) is 10.9 Å². The molecule has 0 amide bonds. The summed E-state index contributed by atoms with van der Waals surface area (Å²) in [6.07, 6.45) is 0.145. The highest BCUT2D eigenvalue weighted by molar-refractivity contribution is 6.34. The lowest BCUT2D eigenvalue weighted by molar-refractivity contribution is 0.141. The molecule has 0 aromatic carbocycles. The highest BCUT2D eigenvalue weighted by Gasteiger charge is 2.13. The van der Waals surface area contributed by atoms with E-state index in [1.165, 1.54) is 12.4 Å². The van der Waals surface area contributed by atoms with Crippen molar-refractivity contribution in [2.24, 2.45) is 0 Å². The molecule has 6 heteroatoms. The molecular formula is C8H4ClF2N3. The molecule has 0 unspecified atom stereocenters. The molecule has 0 saturated carbocycles. The summed E-state index contributed by atoms with van der Waals surface area (Å²) in [6, 6.07) is 1.58. The van der Waals surface area contributed by atoms with Crippen molar-refractivity contribution >= 4 is 22.5 Å². The molecule has 72 valence electrons. The van der Waals surface area contributed by atoms with Crippen molar-refractivity contribution in [2.45, 2.75) is 6.43 Å². The zero-order valence-corrected chi connectivity index (χ0v) is 7.54. The summed E-state index contributed by atoms with van der Waals surface area (Å²) in [7, 11) is 0. The third-order valence-corrected chi connectivity index (χ3v) is 1.95. The third kappa shape index (κ3) is 1.50. The molecule has 14 heavy (non-hydrogen) atoms. The number of alkyl halides is 2. The minimum Gasteiger partial charge on any atom is -0.262 e. The molecule has 0 radical (unpaired) electrons. The molecule has 2 heterocycles. The van der Waals surface area contributed by atoms with Gasteiger partial charge in [0.25, 0.3) is 6.43 Å². The summed E-state index contributed by atoms with van der Waals surface area (Å²) >= 11 is 5.69. The molecule has 0 spiro atoms. The number of pyridine rings is 1. The topological polar surface area (TPSA) is 38.7 Å². The van der Waals surface area contributed by atoms with Gasteiger partial charge in [-0.2, -0.15) is 0 Å². The van der Waals surface area contributed by atoms with Gasteiger partial charge in [-0.25, -0.2) is 18.7 Å². The second-order valence-corrected chi connectivity index (χ2v) is 2.92. The van der Waals surface area contributed by atoms with Gasteiger partial charge in [-0.1, -0.05) is 11.6 Å². The quantitative estimate of drug-likeness (QED) is 0.687. The normalized spacial score (nSPS) is 11.1. The van der Waals surface area contributed by atoms with Crippen LogP contribution in [0.4, 0.5) is 8.78 Å². The Balaban J connectivity index is 2.72. The van der Waals surface area contributed by atoms with E-state index < -0.39 is 12.2 Å². The average molecular weight is 216 g/mol. The summed E-state index contributed by atoms with van der Waals surface area (Å²) in [4.78, 5) is 10.9. The van der Waals surface area contributed by atoms with Gasteiger partial charge in [0.1, 0.15) is 5.15 Å². The second-order valence-electron chi connectivity index (χ2n) is 2.57. The van der Waals surface area contributed by atoms with Crippen molar-refractivity contribution in [3.8, 4) is 0 Å². The van der Waals surface area contributed by atoms with Crippen LogP contribution in [0, 0.1) is 0 Å². The summed E-state index contributed by atoms with van der Waals surface area (Å²) in [5, 5.41) is 0.541. The molecular weight excluding hydrogens is 212 g/mol. The molecule has 2 rings (SSSR count). The fraction of sp³-hybridized carbons (Fsp3) is 0.125. The van der Waals surface area contributed by atoms with Crippen molar-refractivity contribution in [3.05, 3.63) is 29.4 Å². The van der Waals surface area contributed by atoms with Crippen LogP contribution in [0.1, 0.15) is 12.2 Å². The van der Waals surface area contributed by atoms with E-state index in [1.54, 1.807) is 6.07 Å². The predicted octanol–water partition coefficient (Wildman–Crippen LogP) is 2.62. The lowest BCUT2D eigenvalue weighted by atomic mass is 10.3. The summed E-state index contributed by atoms with van der Waals surface area (Å²) in [5.41, 5.74) is 0.322. The van der Waals surface area contributed by atoms with Gasteiger partial charge in [-0.05, 0) is 6.07 Å². The molecule has 0 atom stereocenters. The van der Waals surface area contributed by atoms with Gasteiger partial charge in [0.2, 0.25) is 0 Å². The Bertz CT molecular complexity index is 475. The van der Waals surface area contributed by atoms with Crippen LogP contribution in [0.5, 0.6) is 0 Å². The van der Waals surface area contributed by atoms with Crippen LogP contribution >= 0.6 is 11.6 Å². The first kappa shape index (κ1) is 9.21. The first-order valence-electron chi connectivity index (χ1n) is 3.74. The van der Waals surface area contributed by atoms with Crippen molar-refractivity contribution < 1.29 is 8.78 Å². The molecule has 2 aromatic rings. The predicted molar refractivity (Wildman–Crippen MR) is 47.3 cm³/mol. The van der Waals surface area contributed by atoms with Crippen molar-refractivity contribution in [1.29, 1.82) is 0 Å². The van der Waals surface area contributed by atoms with Gasteiger partial charge in [0, 0.05) is 11.6 Å². The number of fused-ring (bicyclic) bond motifs is 1. The highest BCUT2D eigenvalue weighted by atomic mass is 35.5. The Morgan fingerprint density at radius 1 is 1.29 bits per heavy atom. The van der Waals surface area contributed by atoms with Gasteiger partial charge in [-0.15, -0.1) is 0 Å². The van der Waals surface area contributed by atoms with E-state index in [4.69, 9.17) is 11.6 Å². The van der Waals surface area contributed by atoms with Gasteiger partial charge in [0.15, 0.2) is 5.82 Å². The molecule has 0 aliphatic heterocycles. The number of hydrogen-bond donors (Lipinski definition) is 0. The Hall–Kier alpha value is -1.36.